The zero-order valence-electron chi connectivity index (χ0n) is 17.8. The van der Waals surface area contributed by atoms with Crippen LogP contribution in [0.15, 0.2) is 52.3 Å². The van der Waals surface area contributed by atoms with Crippen LogP contribution in [0.25, 0.3) is 0 Å². The minimum Gasteiger partial charge on any atom is -0.497 e. The summed E-state index contributed by atoms with van der Waals surface area (Å²) in [6, 6.07) is 12.7. The zero-order valence-corrected chi connectivity index (χ0v) is 19.4. The third kappa shape index (κ3) is 4.50. The number of anilines is 1. The lowest BCUT2D eigenvalue weighted by atomic mass is 10.2. The smallest absolute Gasteiger partial charge is 0.243 e. The van der Waals surface area contributed by atoms with E-state index in [0.717, 1.165) is 21.9 Å². The van der Waals surface area contributed by atoms with Gasteiger partial charge >= 0.3 is 0 Å². The van der Waals surface area contributed by atoms with Gasteiger partial charge in [0.1, 0.15) is 5.75 Å². The molecule has 162 valence electrons. The maximum Gasteiger partial charge on any atom is 0.243 e. The molecule has 6 nitrogen and oxygen atoms in total. The quantitative estimate of drug-likeness (QED) is 0.575. The van der Waals surface area contributed by atoms with Crippen LogP contribution in [0.3, 0.4) is 0 Å². The highest BCUT2D eigenvalue weighted by Gasteiger charge is 2.30. The van der Waals surface area contributed by atoms with Crippen LogP contribution in [0.4, 0.5) is 5.69 Å². The van der Waals surface area contributed by atoms with Crippen molar-refractivity contribution in [2.24, 2.45) is 0 Å². The largest absolute Gasteiger partial charge is 0.497 e. The molecule has 1 atom stereocenters. The van der Waals surface area contributed by atoms with E-state index in [1.807, 2.05) is 45.0 Å². The average molecular weight is 449 g/mol. The Bertz CT molecular complexity index is 1000. The standard InChI is InChI=1S/C22H28N2O4S2/c1-5-23(6-2)30(26,27)20-11-12-21-17(15-20)13-14-24(21)22(25)16(3)29-19-9-7-18(28-4)8-10-19/h7-12,15-16H,5-6,13-14H2,1-4H3. The summed E-state index contributed by atoms with van der Waals surface area (Å²) in [5.41, 5.74) is 1.71. The first-order valence-electron chi connectivity index (χ1n) is 10.1. The van der Waals surface area contributed by atoms with Crippen molar-refractivity contribution in [1.82, 2.24) is 4.31 Å². The number of hydrogen-bond acceptors (Lipinski definition) is 5. The van der Waals surface area contributed by atoms with Crippen molar-refractivity contribution in [3.05, 3.63) is 48.0 Å². The molecular formula is C22H28N2O4S2. The van der Waals surface area contributed by atoms with Gasteiger partial charge in [0.05, 0.1) is 17.3 Å². The molecule has 0 bridgehead atoms. The molecule has 8 heteroatoms. The highest BCUT2D eigenvalue weighted by atomic mass is 32.2. The first-order chi connectivity index (χ1) is 14.3. The molecular weight excluding hydrogens is 420 g/mol. The average Bonchev–Trinajstić information content (AvgIpc) is 3.17. The van der Waals surface area contributed by atoms with Crippen molar-refractivity contribution in [3.8, 4) is 5.75 Å². The van der Waals surface area contributed by atoms with Gasteiger partial charge in [0, 0.05) is 30.2 Å². The molecule has 0 radical (unpaired) electrons. The summed E-state index contributed by atoms with van der Waals surface area (Å²) in [5, 5.41) is -0.261. The van der Waals surface area contributed by atoms with Crippen LogP contribution in [0, 0.1) is 0 Å². The molecule has 1 unspecified atom stereocenters. The lowest BCUT2D eigenvalue weighted by Gasteiger charge is -2.22. The van der Waals surface area contributed by atoms with Crippen LogP contribution in [0.1, 0.15) is 26.3 Å². The summed E-state index contributed by atoms with van der Waals surface area (Å²) in [4.78, 5) is 16.1. The zero-order chi connectivity index (χ0) is 21.9. The van der Waals surface area contributed by atoms with E-state index >= 15 is 0 Å². The molecule has 0 N–H and O–H groups in total. The molecule has 1 aliphatic heterocycles. The van der Waals surface area contributed by atoms with Gasteiger partial charge < -0.3 is 9.64 Å². The van der Waals surface area contributed by atoms with Gasteiger partial charge in [-0.2, -0.15) is 4.31 Å². The monoisotopic (exact) mass is 448 g/mol. The number of carbonyl (C=O) groups excluding carboxylic acids is 1. The Kier molecular flexibility index (Phi) is 7.10. The molecule has 0 saturated heterocycles. The minimum absolute atomic E-state index is 0.0221. The topological polar surface area (TPSA) is 66.9 Å². The number of amides is 1. The minimum atomic E-state index is -3.51. The van der Waals surface area contributed by atoms with E-state index in [4.69, 9.17) is 4.74 Å². The Hall–Kier alpha value is -2.03. The van der Waals surface area contributed by atoms with E-state index in [2.05, 4.69) is 0 Å². The van der Waals surface area contributed by atoms with Crippen LogP contribution in [-0.2, 0) is 21.2 Å². The fourth-order valence-electron chi connectivity index (χ4n) is 3.61. The van der Waals surface area contributed by atoms with Gasteiger partial charge in [-0.25, -0.2) is 8.42 Å². The highest BCUT2D eigenvalue weighted by Crippen LogP contribution is 2.34. The van der Waals surface area contributed by atoms with Crippen LogP contribution < -0.4 is 9.64 Å². The number of carbonyl (C=O) groups is 1. The van der Waals surface area contributed by atoms with Crippen molar-refractivity contribution in [3.63, 3.8) is 0 Å². The summed E-state index contributed by atoms with van der Waals surface area (Å²) >= 11 is 1.50. The maximum atomic E-state index is 13.1. The van der Waals surface area contributed by atoms with Crippen LogP contribution in [0.5, 0.6) is 5.75 Å². The summed E-state index contributed by atoms with van der Waals surface area (Å²) in [5.74, 6) is 0.802. The number of benzene rings is 2. The van der Waals surface area contributed by atoms with Gasteiger partial charge in [-0.3, -0.25) is 4.79 Å². The molecule has 1 amide bonds. The fraction of sp³-hybridized carbons (Fsp3) is 0.409. The van der Waals surface area contributed by atoms with E-state index < -0.39 is 10.0 Å². The highest BCUT2D eigenvalue weighted by molar-refractivity contribution is 8.00. The lowest BCUT2D eigenvalue weighted by Crippen LogP contribution is -2.35. The molecule has 1 aliphatic rings. The second-order valence-electron chi connectivity index (χ2n) is 7.06. The maximum absolute atomic E-state index is 13.1. The predicted molar refractivity (Wildman–Crippen MR) is 121 cm³/mol. The fourth-order valence-corrected chi connectivity index (χ4v) is 6.05. The predicted octanol–water partition coefficient (Wildman–Crippen LogP) is 3.80. The second-order valence-corrected chi connectivity index (χ2v) is 10.4. The number of hydrogen-bond donors (Lipinski definition) is 0. The molecule has 0 aromatic heterocycles. The summed E-state index contributed by atoms with van der Waals surface area (Å²) in [6.45, 7) is 6.99. The number of nitrogens with zero attached hydrogens (tertiary/aromatic N) is 2. The SMILES string of the molecule is CCN(CC)S(=O)(=O)c1ccc2c(c1)CCN2C(=O)C(C)Sc1ccc(OC)cc1. The number of methoxy groups -OCH3 is 1. The third-order valence-corrected chi connectivity index (χ3v) is 8.42. The van der Waals surface area contributed by atoms with Gasteiger partial charge in [-0.15, -0.1) is 11.8 Å². The van der Waals surface area contributed by atoms with Gasteiger partial charge in [-0.05, 0) is 61.4 Å². The molecule has 2 aromatic rings. The molecule has 2 aromatic carbocycles. The van der Waals surface area contributed by atoms with Gasteiger partial charge in [0.2, 0.25) is 15.9 Å². The Morgan fingerprint density at radius 2 is 1.83 bits per heavy atom. The van der Waals surface area contributed by atoms with Crippen molar-refractivity contribution >= 4 is 33.4 Å². The number of thioether (sulfide) groups is 1. The number of fused-ring (bicyclic) bond motifs is 1. The molecule has 0 spiro atoms. The second kappa shape index (κ2) is 9.41. The summed E-state index contributed by atoms with van der Waals surface area (Å²) in [6.07, 6.45) is 0.655. The number of ether oxygens (including phenoxy) is 1. The van der Waals surface area contributed by atoms with Gasteiger partial charge in [0.15, 0.2) is 0 Å². The van der Waals surface area contributed by atoms with Gasteiger partial charge in [-0.1, -0.05) is 13.8 Å². The van der Waals surface area contributed by atoms with Crippen molar-refractivity contribution < 1.29 is 17.9 Å². The third-order valence-electron chi connectivity index (χ3n) is 5.28. The first kappa shape index (κ1) is 22.7. The number of rotatable bonds is 8. The molecule has 0 fully saturated rings. The molecule has 0 aliphatic carbocycles. The van der Waals surface area contributed by atoms with Crippen LogP contribution >= 0.6 is 11.8 Å². The van der Waals surface area contributed by atoms with E-state index in [0.29, 0.717) is 31.0 Å². The first-order valence-corrected chi connectivity index (χ1v) is 12.4. The molecule has 3 rings (SSSR count). The van der Waals surface area contributed by atoms with Crippen LogP contribution in [0.2, 0.25) is 0 Å². The van der Waals surface area contributed by atoms with E-state index in [9.17, 15) is 13.2 Å². The van der Waals surface area contributed by atoms with Crippen molar-refractivity contribution in [1.29, 1.82) is 0 Å². The van der Waals surface area contributed by atoms with Gasteiger partial charge in [0.25, 0.3) is 0 Å². The summed E-state index contributed by atoms with van der Waals surface area (Å²) < 4.78 is 32.2. The van der Waals surface area contributed by atoms with E-state index in [-0.39, 0.29) is 11.2 Å². The molecule has 1 heterocycles. The molecule has 0 saturated carbocycles. The summed E-state index contributed by atoms with van der Waals surface area (Å²) in [7, 11) is -1.88. The van der Waals surface area contributed by atoms with E-state index in [1.54, 1.807) is 30.2 Å². The normalized spacial score (nSPS) is 14.6. The Balaban J connectivity index is 1.76. The Labute approximate surface area is 183 Å². The van der Waals surface area contributed by atoms with Crippen molar-refractivity contribution in [2.75, 3.05) is 31.6 Å². The van der Waals surface area contributed by atoms with Crippen molar-refractivity contribution in [2.45, 2.75) is 42.2 Å². The number of sulfonamides is 1. The molecule has 30 heavy (non-hydrogen) atoms. The lowest BCUT2D eigenvalue weighted by molar-refractivity contribution is -0.117. The Morgan fingerprint density at radius 1 is 1.17 bits per heavy atom. The van der Waals surface area contributed by atoms with E-state index in [1.165, 1.54) is 16.1 Å². The Morgan fingerprint density at radius 3 is 2.43 bits per heavy atom. The van der Waals surface area contributed by atoms with Crippen LogP contribution in [-0.4, -0.2) is 50.6 Å².